The maximum absolute atomic E-state index is 14.2. The monoisotopic (exact) mass is 348 g/mol. The van der Waals surface area contributed by atoms with E-state index >= 15 is 0 Å². The molecule has 3 heterocycles. The van der Waals surface area contributed by atoms with Crippen molar-refractivity contribution in [1.82, 2.24) is 20.2 Å². The fourth-order valence-corrected chi connectivity index (χ4v) is 2.71. The number of nitrogens with zero attached hydrogens (tertiary/aromatic N) is 4. The van der Waals surface area contributed by atoms with Crippen molar-refractivity contribution in [3.63, 3.8) is 0 Å². The lowest BCUT2D eigenvalue weighted by atomic mass is 9.89. The molecule has 0 amide bonds. The van der Waals surface area contributed by atoms with E-state index in [9.17, 15) is 23.6 Å². The maximum Gasteiger partial charge on any atom is 0.325 e. The summed E-state index contributed by atoms with van der Waals surface area (Å²) in [5, 5.41) is 16.7. The van der Waals surface area contributed by atoms with Crippen LogP contribution in [0.1, 0.15) is 19.5 Å². The molecule has 0 aliphatic carbocycles. The summed E-state index contributed by atoms with van der Waals surface area (Å²) >= 11 is 0. The Morgan fingerprint density at radius 2 is 2.00 bits per heavy atom. The first-order valence-corrected chi connectivity index (χ1v) is 7.37. The number of alkyl halides is 2. The molecule has 1 saturated heterocycles. The molecular weight excluding hydrogens is 334 g/mol. The van der Waals surface area contributed by atoms with Crippen molar-refractivity contribution < 1.29 is 8.78 Å². The van der Waals surface area contributed by atoms with Gasteiger partial charge in [-0.05, 0) is 6.07 Å². The third kappa shape index (κ3) is 2.77. The maximum atomic E-state index is 14.2. The van der Waals surface area contributed by atoms with E-state index < -0.39 is 29.1 Å². The van der Waals surface area contributed by atoms with Crippen molar-refractivity contribution in [3.05, 3.63) is 38.8 Å². The van der Waals surface area contributed by atoms with Crippen molar-refractivity contribution in [2.45, 2.75) is 19.8 Å². The zero-order valence-electron chi connectivity index (χ0n) is 13.4. The van der Waals surface area contributed by atoms with Crippen LogP contribution in [0.2, 0.25) is 0 Å². The van der Waals surface area contributed by atoms with Gasteiger partial charge in [0.2, 0.25) is 0 Å². The van der Waals surface area contributed by atoms with Gasteiger partial charge in [0.1, 0.15) is 11.8 Å². The molecule has 2 N–H and O–H groups in total. The van der Waals surface area contributed by atoms with E-state index in [2.05, 4.69) is 15.2 Å². The Balaban J connectivity index is 2.10. The Labute approximate surface area is 140 Å². The molecule has 1 aliphatic heterocycles. The number of hydrogen-bond acceptors (Lipinski definition) is 6. The van der Waals surface area contributed by atoms with Crippen molar-refractivity contribution in [2.75, 3.05) is 18.0 Å². The van der Waals surface area contributed by atoms with Crippen LogP contribution in [-0.2, 0) is 0 Å². The van der Waals surface area contributed by atoms with Gasteiger partial charge in [0.25, 0.3) is 11.5 Å². The molecule has 1 aliphatic rings. The molecule has 1 fully saturated rings. The summed E-state index contributed by atoms with van der Waals surface area (Å²) in [7, 11) is 0. The molecule has 0 aromatic carbocycles. The van der Waals surface area contributed by atoms with E-state index in [1.54, 1.807) is 0 Å². The van der Waals surface area contributed by atoms with Crippen LogP contribution in [0.3, 0.4) is 0 Å². The van der Waals surface area contributed by atoms with E-state index in [1.807, 2.05) is 11.1 Å². The predicted molar refractivity (Wildman–Crippen MR) is 84.4 cm³/mol. The van der Waals surface area contributed by atoms with Crippen LogP contribution < -0.4 is 16.1 Å². The van der Waals surface area contributed by atoms with Gasteiger partial charge in [0.05, 0.1) is 17.8 Å². The second-order valence-electron chi connectivity index (χ2n) is 6.51. The molecule has 0 spiro atoms. The first-order chi connectivity index (χ1) is 11.6. The van der Waals surface area contributed by atoms with Crippen molar-refractivity contribution >= 4 is 5.69 Å². The fraction of sp³-hybridized carbons (Fsp3) is 0.400. The molecule has 0 bridgehead atoms. The minimum absolute atomic E-state index is 0.0157. The Morgan fingerprint density at radius 1 is 1.28 bits per heavy atom. The number of aromatic amines is 2. The van der Waals surface area contributed by atoms with Gasteiger partial charge < -0.3 is 9.88 Å². The van der Waals surface area contributed by atoms with E-state index in [1.165, 1.54) is 24.8 Å². The fourth-order valence-electron chi connectivity index (χ4n) is 2.71. The first-order valence-electron chi connectivity index (χ1n) is 7.37. The highest BCUT2D eigenvalue weighted by Gasteiger charge is 2.54. The van der Waals surface area contributed by atoms with Gasteiger partial charge in [-0.25, -0.2) is 13.6 Å². The molecule has 25 heavy (non-hydrogen) atoms. The molecule has 0 atom stereocenters. The Bertz CT molecular complexity index is 972. The summed E-state index contributed by atoms with van der Waals surface area (Å²) in [6, 6.07) is 3.18. The molecule has 0 unspecified atom stereocenters. The van der Waals surface area contributed by atoms with Gasteiger partial charge in [-0.15, -0.1) is 10.2 Å². The van der Waals surface area contributed by atoms with E-state index in [-0.39, 0.29) is 29.2 Å². The van der Waals surface area contributed by atoms with Crippen LogP contribution in [0.25, 0.3) is 11.3 Å². The number of nitrogens with one attached hydrogen (secondary N) is 2. The van der Waals surface area contributed by atoms with Crippen LogP contribution in [-0.4, -0.2) is 39.2 Å². The number of anilines is 1. The largest absolute Gasteiger partial charge is 0.362 e. The lowest BCUT2D eigenvalue weighted by molar-refractivity contribution is -0.0642. The minimum Gasteiger partial charge on any atom is -0.362 e. The summed E-state index contributed by atoms with van der Waals surface area (Å²) in [6.45, 7) is 2.34. The van der Waals surface area contributed by atoms with Crippen LogP contribution in [0, 0.1) is 16.7 Å². The predicted octanol–water partition coefficient (Wildman–Crippen LogP) is 0.873. The SMILES string of the molecule is CC1(C)CN(c2cc(-c3c[nH]c(=O)[nH]c3=O)nnc2C#N)CC1(F)F. The quantitative estimate of drug-likeness (QED) is 0.831. The molecule has 8 nitrogen and oxygen atoms in total. The topological polar surface area (TPSA) is 119 Å². The molecule has 2 aromatic heterocycles. The zero-order chi connectivity index (χ0) is 18.4. The standard InChI is InChI=1S/C15H14F2N6O2/c1-14(2)6-23(7-15(14,16)17)11-3-9(21-22-10(11)4-18)8-5-19-13(25)20-12(8)24/h3,5H,6-7H2,1-2H3,(H2,19,20,24,25). The molecule has 2 aromatic rings. The Hall–Kier alpha value is -3.09. The number of H-pyrrole nitrogens is 2. The molecular formula is C15H14F2N6O2. The van der Waals surface area contributed by atoms with E-state index in [0.717, 1.165) is 6.20 Å². The van der Waals surface area contributed by atoms with Crippen LogP contribution >= 0.6 is 0 Å². The highest BCUT2D eigenvalue weighted by atomic mass is 19.3. The van der Waals surface area contributed by atoms with Crippen molar-refractivity contribution in [3.8, 4) is 17.3 Å². The van der Waals surface area contributed by atoms with Gasteiger partial charge in [-0.2, -0.15) is 5.26 Å². The summed E-state index contributed by atoms with van der Waals surface area (Å²) in [5.41, 5.74) is -2.51. The molecule has 10 heteroatoms. The Morgan fingerprint density at radius 3 is 2.56 bits per heavy atom. The number of rotatable bonds is 2. The lowest BCUT2D eigenvalue weighted by Crippen LogP contribution is -2.34. The first kappa shape index (κ1) is 16.8. The lowest BCUT2D eigenvalue weighted by Gasteiger charge is -2.24. The van der Waals surface area contributed by atoms with Gasteiger partial charge >= 0.3 is 5.69 Å². The van der Waals surface area contributed by atoms with Crippen LogP contribution in [0.15, 0.2) is 21.9 Å². The average molecular weight is 348 g/mol. The molecule has 0 saturated carbocycles. The minimum atomic E-state index is -2.95. The second-order valence-corrected chi connectivity index (χ2v) is 6.51. The molecule has 0 radical (unpaired) electrons. The highest BCUT2D eigenvalue weighted by Crippen LogP contribution is 2.45. The number of aromatic nitrogens is 4. The van der Waals surface area contributed by atoms with Crippen LogP contribution in [0.4, 0.5) is 14.5 Å². The third-order valence-electron chi connectivity index (χ3n) is 4.28. The summed E-state index contributed by atoms with van der Waals surface area (Å²) in [5.74, 6) is -2.95. The third-order valence-corrected chi connectivity index (χ3v) is 4.28. The average Bonchev–Trinajstić information content (AvgIpc) is 2.75. The van der Waals surface area contributed by atoms with Crippen molar-refractivity contribution in [2.24, 2.45) is 5.41 Å². The summed E-state index contributed by atoms with van der Waals surface area (Å²) in [6.07, 6.45) is 1.16. The smallest absolute Gasteiger partial charge is 0.325 e. The molecule has 3 rings (SSSR count). The van der Waals surface area contributed by atoms with Gasteiger partial charge in [0.15, 0.2) is 5.69 Å². The molecule has 130 valence electrons. The van der Waals surface area contributed by atoms with E-state index in [0.29, 0.717) is 0 Å². The second kappa shape index (κ2) is 5.47. The van der Waals surface area contributed by atoms with Crippen LogP contribution in [0.5, 0.6) is 0 Å². The number of hydrogen-bond donors (Lipinski definition) is 2. The summed E-state index contributed by atoms with van der Waals surface area (Å²) < 4.78 is 28.3. The van der Waals surface area contributed by atoms with Gasteiger partial charge in [-0.1, -0.05) is 13.8 Å². The van der Waals surface area contributed by atoms with E-state index in [4.69, 9.17) is 0 Å². The normalized spacial score (nSPS) is 18.1. The Kier molecular flexibility index (Phi) is 3.67. The number of halogens is 2. The van der Waals surface area contributed by atoms with Gasteiger partial charge in [0, 0.05) is 18.2 Å². The van der Waals surface area contributed by atoms with Crippen molar-refractivity contribution in [1.29, 1.82) is 5.26 Å². The number of nitriles is 1. The summed E-state index contributed by atoms with van der Waals surface area (Å²) in [4.78, 5) is 28.7. The van der Waals surface area contributed by atoms with Gasteiger partial charge in [-0.3, -0.25) is 9.78 Å². The highest BCUT2D eigenvalue weighted by molar-refractivity contribution is 5.66. The zero-order valence-corrected chi connectivity index (χ0v) is 13.4.